The van der Waals surface area contributed by atoms with Gasteiger partial charge in [0.2, 0.25) is 5.91 Å². The van der Waals surface area contributed by atoms with Crippen LogP contribution >= 0.6 is 12.4 Å². The van der Waals surface area contributed by atoms with E-state index in [1.165, 1.54) is 7.11 Å². The molecule has 3 unspecified atom stereocenters. The number of rotatable bonds is 4. The maximum absolute atomic E-state index is 12.7. The van der Waals surface area contributed by atoms with Gasteiger partial charge in [0, 0.05) is 24.5 Å². The van der Waals surface area contributed by atoms with Crippen molar-refractivity contribution in [3.63, 3.8) is 0 Å². The third-order valence-electron chi connectivity index (χ3n) is 5.49. The summed E-state index contributed by atoms with van der Waals surface area (Å²) in [5.41, 5.74) is 4.35. The second-order valence-electron chi connectivity index (χ2n) is 7.69. The van der Waals surface area contributed by atoms with Crippen LogP contribution in [0.15, 0.2) is 0 Å². The number of esters is 1. The van der Waals surface area contributed by atoms with Gasteiger partial charge in [0.05, 0.1) is 18.6 Å². The quantitative estimate of drug-likeness (QED) is 0.746. The molecule has 2 aliphatic rings. The largest absolute Gasteiger partial charge is 0.469 e. The lowest BCUT2D eigenvalue weighted by atomic mass is 9.46. The Morgan fingerprint density at radius 3 is 2.57 bits per heavy atom. The molecule has 3 N–H and O–H groups in total. The molecule has 1 amide bonds. The number of fused-ring (bicyclic) bond motifs is 1. The predicted octanol–water partition coefficient (Wildman–Crippen LogP) is 1.26. The molecule has 6 nitrogen and oxygen atoms in total. The molecule has 134 valence electrons. The summed E-state index contributed by atoms with van der Waals surface area (Å²) in [5, 5.41) is 2.85. The van der Waals surface area contributed by atoms with Gasteiger partial charge in [-0.1, -0.05) is 13.8 Å². The van der Waals surface area contributed by atoms with E-state index >= 15 is 0 Å². The summed E-state index contributed by atoms with van der Waals surface area (Å²) in [5.74, 6) is -0.524. The third kappa shape index (κ3) is 2.96. The fraction of sp³-hybridized carbons (Fsp3) is 0.875. The first-order valence-corrected chi connectivity index (χ1v) is 7.86. The van der Waals surface area contributed by atoms with Gasteiger partial charge in [-0.15, -0.1) is 12.4 Å². The molecule has 0 aromatic heterocycles. The minimum atomic E-state index is -0.954. The summed E-state index contributed by atoms with van der Waals surface area (Å²) < 4.78 is 10.6. The van der Waals surface area contributed by atoms with Crippen molar-refractivity contribution >= 4 is 24.3 Å². The predicted molar refractivity (Wildman–Crippen MR) is 89.2 cm³/mol. The first-order valence-electron chi connectivity index (χ1n) is 7.86. The van der Waals surface area contributed by atoms with Gasteiger partial charge in [0.15, 0.2) is 0 Å². The maximum Gasteiger partial charge on any atom is 0.313 e. The Kier molecular flexibility index (Phi) is 5.77. The van der Waals surface area contributed by atoms with Gasteiger partial charge in [-0.3, -0.25) is 9.59 Å². The molecule has 7 heteroatoms. The highest BCUT2D eigenvalue weighted by Gasteiger charge is 2.70. The summed E-state index contributed by atoms with van der Waals surface area (Å²) in [6.45, 7) is 8.36. The molecule has 0 radical (unpaired) electrons. The zero-order chi connectivity index (χ0) is 16.8. The highest BCUT2D eigenvalue weighted by atomic mass is 35.5. The number of carbonyl (C=O) groups is 2. The number of methoxy groups -OCH3 is 1. The van der Waals surface area contributed by atoms with E-state index in [1.807, 2.05) is 13.8 Å². The molecular formula is C16H29ClN2O4. The van der Waals surface area contributed by atoms with Crippen LogP contribution in [-0.4, -0.2) is 43.8 Å². The molecule has 23 heavy (non-hydrogen) atoms. The second-order valence-corrected chi connectivity index (χ2v) is 7.69. The van der Waals surface area contributed by atoms with Crippen molar-refractivity contribution in [3.8, 4) is 0 Å². The molecule has 2 rings (SSSR count). The van der Waals surface area contributed by atoms with Crippen molar-refractivity contribution in [1.29, 1.82) is 0 Å². The Hall–Kier alpha value is -0.850. The van der Waals surface area contributed by atoms with Gasteiger partial charge >= 0.3 is 5.97 Å². The summed E-state index contributed by atoms with van der Waals surface area (Å²) >= 11 is 0. The van der Waals surface area contributed by atoms with E-state index in [1.54, 1.807) is 13.8 Å². The van der Waals surface area contributed by atoms with Gasteiger partial charge in [-0.25, -0.2) is 0 Å². The number of halogens is 1. The second kappa shape index (κ2) is 6.57. The molecule has 1 saturated heterocycles. The normalized spacial score (nSPS) is 31.9. The molecule has 2 fully saturated rings. The lowest BCUT2D eigenvalue weighted by Crippen LogP contribution is -2.82. The number of hydrogen-bond donors (Lipinski definition) is 2. The van der Waals surface area contributed by atoms with Crippen molar-refractivity contribution in [3.05, 3.63) is 0 Å². The molecule has 0 aromatic carbocycles. The van der Waals surface area contributed by atoms with E-state index in [9.17, 15) is 9.59 Å². The van der Waals surface area contributed by atoms with Gasteiger partial charge in [0.1, 0.15) is 5.54 Å². The van der Waals surface area contributed by atoms with Crippen LogP contribution in [-0.2, 0) is 19.1 Å². The molecular weight excluding hydrogens is 320 g/mol. The third-order valence-corrected chi connectivity index (χ3v) is 5.49. The summed E-state index contributed by atoms with van der Waals surface area (Å²) in [6.07, 6.45) is 1.86. The Balaban J connectivity index is 0.00000264. The zero-order valence-corrected chi connectivity index (χ0v) is 15.4. The van der Waals surface area contributed by atoms with Gasteiger partial charge in [-0.2, -0.15) is 0 Å². The smallest absolute Gasteiger partial charge is 0.313 e. The zero-order valence-electron chi connectivity index (χ0n) is 14.6. The fourth-order valence-corrected chi connectivity index (χ4v) is 3.83. The van der Waals surface area contributed by atoms with E-state index < -0.39 is 16.4 Å². The summed E-state index contributed by atoms with van der Waals surface area (Å²) in [7, 11) is 1.34. The first kappa shape index (κ1) is 20.2. The van der Waals surface area contributed by atoms with Crippen LogP contribution in [0.2, 0.25) is 0 Å². The topological polar surface area (TPSA) is 90.7 Å². The Bertz CT molecular complexity index is 481. The highest BCUT2D eigenvalue weighted by molar-refractivity contribution is 5.90. The minimum Gasteiger partial charge on any atom is -0.469 e. The van der Waals surface area contributed by atoms with E-state index in [-0.39, 0.29) is 42.9 Å². The van der Waals surface area contributed by atoms with Crippen LogP contribution < -0.4 is 11.1 Å². The molecule has 1 heterocycles. The summed E-state index contributed by atoms with van der Waals surface area (Å²) in [4.78, 5) is 24.4. The molecule has 1 aliphatic heterocycles. The average molecular weight is 349 g/mol. The number of ether oxygens (including phenoxy) is 2. The van der Waals surface area contributed by atoms with Crippen molar-refractivity contribution in [2.24, 2.45) is 22.5 Å². The lowest BCUT2D eigenvalue weighted by molar-refractivity contribution is -0.225. The average Bonchev–Trinajstić information content (AvgIpc) is 2.50. The molecule has 0 aromatic rings. The van der Waals surface area contributed by atoms with Gasteiger partial charge < -0.3 is 20.5 Å². The first-order chi connectivity index (χ1) is 10.1. The SMILES string of the molecule is COC(=O)C(C)(C)CNC(=O)C1(N)C2CCCOC2C1(C)C.Cl. The van der Waals surface area contributed by atoms with Crippen molar-refractivity contribution in [2.75, 3.05) is 20.3 Å². The van der Waals surface area contributed by atoms with Crippen LogP contribution in [0, 0.1) is 16.7 Å². The highest BCUT2D eigenvalue weighted by Crippen LogP contribution is 2.57. The van der Waals surface area contributed by atoms with Crippen molar-refractivity contribution in [2.45, 2.75) is 52.2 Å². The van der Waals surface area contributed by atoms with Crippen LogP contribution in [0.4, 0.5) is 0 Å². The van der Waals surface area contributed by atoms with E-state index in [0.29, 0.717) is 0 Å². The number of nitrogens with one attached hydrogen (secondary N) is 1. The monoisotopic (exact) mass is 348 g/mol. The Labute approximate surface area is 144 Å². The maximum atomic E-state index is 12.7. The van der Waals surface area contributed by atoms with Crippen LogP contribution in [0.5, 0.6) is 0 Å². The number of amides is 1. The van der Waals surface area contributed by atoms with E-state index in [0.717, 1.165) is 19.4 Å². The van der Waals surface area contributed by atoms with Crippen molar-refractivity contribution in [1.82, 2.24) is 5.32 Å². The number of carbonyl (C=O) groups excluding carboxylic acids is 2. The minimum absolute atomic E-state index is 0. The van der Waals surface area contributed by atoms with Crippen LogP contribution in [0.25, 0.3) is 0 Å². The number of nitrogens with two attached hydrogens (primary N) is 1. The fourth-order valence-electron chi connectivity index (χ4n) is 3.83. The Morgan fingerprint density at radius 1 is 1.39 bits per heavy atom. The van der Waals surface area contributed by atoms with Crippen LogP contribution in [0.3, 0.4) is 0 Å². The summed E-state index contributed by atoms with van der Waals surface area (Å²) in [6, 6.07) is 0. The molecule has 0 spiro atoms. The molecule has 1 saturated carbocycles. The van der Waals surface area contributed by atoms with Crippen LogP contribution in [0.1, 0.15) is 40.5 Å². The Morgan fingerprint density at radius 2 is 2.00 bits per heavy atom. The van der Waals surface area contributed by atoms with E-state index in [2.05, 4.69) is 5.32 Å². The van der Waals surface area contributed by atoms with Gasteiger partial charge in [-0.05, 0) is 26.7 Å². The molecule has 3 atom stereocenters. The number of hydrogen-bond acceptors (Lipinski definition) is 5. The van der Waals surface area contributed by atoms with E-state index in [4.69, 9.17) is 15.2 Å². The van der Waals surface area contributed by atoms with Gasteiger partial charge in [0.25, 0.3) is 0 Å². The standard InChI is InChI=1S/C16H28N2O4.ClH/c1-14(2,13(20)21-5)9-18-12(19)16(17)10-7-6-8-22-11(10)15(16,3)4;/h10-11H,6-9,17H2,1-5H3,(H,18,19);1H. The van der Waals surface area contributed by atoms with Crippen molar-refractivity contribution < 1.29 is 19.1 Å². The molecule has 0 bridgehead atoms. The molecule has 1 aliphatic carbocycles. The lowest BCUT2D eigenvalue weighted by Gasteiger charge is -2.65.